The second-order valence-corrected chi connectivity index (χ2v) is 7.56. The number of anilines is 1. The summed E-state index contributed by atoms with van der Waals surface area (Å²) < 4.78 is 6.05. The minimum absolute atomic E-state index is 0.00000236. The van der Waals surface area contributed by atoms with Crippen LogP contribution in [0.15, 0.2) is 43.0 Å². The molecular weight excluding hydrogens is 368 g/mol. The Hall–Kier alpha value is -3.19. The summed E-state index contributed by atoms with van der Waals surface area (Å²) in [5.74, 6) is 0.527. The van der Waals surface area contributed by atoms with Crippen LogP contribution in [0.3, 0.4) is 0 Å². The summed E-state index contributed by atoms with van der Waals surface area (Å²) in [6.07, 6.45) is 4.89. The number of H-pyrrole nitrogens is 1. The summed E-state index contributed by atoms with van der Waals surface area (Å²) >= 11 is 0. The number of benzene rings is 1. The first-order valence-electron chi connectivity index (χ1n) is 9.78. The van der Waals surface area contributed by atoms with E-state index in [0.29, 0.717) is 30.2 Å². The zero-order valence-corrected chi connectivity index (χ0v) is 16.2. The lowest BCUT2D eigenvalue weighted by Crippen LogP contribution is -2.42. The molecule has 2 aromatic rings. The van der Waals surface area contributed by atoms with Crippen LogP contribution in [0.2, 0.25) is 0 Å². The summed E-state index contributed by atoms with van der Waals surface area (Å²) in [6, 6.07) is 8.89. The van der Waals surface area contributed by atoms with Crippen molar-refractivity contribution in [2.75, 3.05) is 18.9 Å². The molecule has 2 aliphatic rings. The lowest BCUT2D eigenvalue weighted by Gasteiger charge is -2.31. The van der Waals surface area contributed by atoms with Crippen molar-refractivity contribution in [3.8, 4) is 5.75 Å². The van der Waals surface area contributed by atoms with Crippen molar-refractivity contribution >= 4 is 23.5 Å². The molecule has 0 radical (unpaired) electrons. The second-order valence-electron chi connectivity index (χ2n) is 7.56. The molecule has 0 aliphatic carbocycles. The second kappa shape index (κ2) is 7.67. The molecule has 3 heterocycles. The zero-order chi connectivity index (χ0) is 20.5. The Morgan fingerprint density at radius 2 is 2.17 bits per heavy atom. The number of nitrogens with zero attached hydrogens (tertiary/aromatic N) is 1. The van der Waals surface area contributed by atoms with E-state index < -0.39 is 0 Å². The van der Waals surface area contributed by atoms with Crippen LogP contribution < -0.4 is 11.5 Å². The molecule has 7 nitrogen and oxygen atoms in total. The number of phenolic OH excluding ortho intramolecular Hbond substituents is 1. The number of aromatic nitrogens is 1. The average molecular weight is 394 g/mol. The molecule has 3 unspecified atom stereocenters. The molecule has 1 aromatic heterocycles. The molecule has 3 atom stereocenters. The minimum atomic E-state index is -0.0727. The van der Waals surface area contributed by atoms with E-state index in [1.54, 1.807) is 24.3 Å². The molecular formula is C22H26N4O3. The number of nitrogens with one attached hydrogen (secondary N) is 1. The number of rotatable bonds is 4. The maximum atomic E-state index is 12.3. The Bertz CT molecular complexity index is 965. The highest BCUT2D eigenvalue weighted by molar-refractivity contribution is 5.88. The Morgan fingerprint density at radius 3 is 2.93 bits per heavy atom. The largest absolute Gasteiger partial charge is 0.507 e. The smallest absolute Gasteiger partial charge is 0.246 e. The lowest BCUT2D eigenvalue weighted by molar-refractivity contribution is -0.129. The SMILES string of the molecule is C=CC(=O)N1CC(c2cc(/C=C(\N)c3ccccc3O)c(N)[nH]2)C2OCCCC21. The van der Waals surface area contributed by atoms with Gasteiger partial charge in [-0.1, -0.05) is 18.7 Å². The fourth-order valence-corrected chi connectivity index (χ4v) is 4.39. The van der Waals surface area contributed by atoms with E-state index in [-0.39, 0.29) is 29.7 Å². The van der Waals surface area contributed by atoms with E-state index in [1.807, 2.05) is 17.0 Å². The number of para-hydroxylation sites is 1. The number of hydrogen-bond donors (Lipinski definition) is 4. The summed E-state index contributed by atoms with van der Waals surface area (Å²) in [5, 5.41) is 10.0. The predicted molar refractivity (Wildman–Crippen MR) is 113 cm³/mol. The summed E-state index contributed by atoms with van der Waals surface area (Å²) in [4.78, 5) is 17.4. The third-order valence-corrected chi connectivity index (χ3v) is 5.81. The van der Waals surface area contributed by atoms with Crippen LogP contribution in [0.1, 0.15) is 35.6 Å². The van der Waals surface area contributed by atoms with Gasteiger partial charge in [0.05, 0.1) is 12.1 Å². The van der Waals surface area contributed by atoms with Crippen LogP contribution in [0, 0.1) is 0 Å². The van der Waals surface area contributed by atoms with Gasteiger partial charge in [-0.15, -0.1) is 0 Å². The van der Waals surface area contributed by atoms with Crippen molar-refractivity contribution in [3.05, 3.63) is 59.8 Å². The van der Waals surface area contributed by atoms with E-state index in [2.05, 4.69) is 11.6 Å². The molecule has 1 aromatic carbocycles. The molecule has 6 N–H and O–H groups in total. The molecule has 0 spiro atoms. The normalized spacial score (nSPS) is 24.3. The van der Waals surface area contributed by atoms with E-state index in [1.165, 1.54) is 6.08 Å². The van der Waals surface area contributed by atoms with Gasteiger partial charge in [-0.05, 0) is 43.2 Å². The number of amides is 1. The number of carbonyl (C=O) groups is 1. The average Bonchev–Trinajstić information content (AvgIpc) is 3.28. The molecule has 0 saturated carbocycles. The van der Waals surface area contributed by atoms with Gasteiger partial charge in [0, 0.05) is 41.6 Å². The van der Waals surface area contributed by atoms with Gasteiger partial charge in [0.15, 0.2) is 0 Å². The highest BCUT2D eigenvalue weighted by Gasteiger charge is 2.46. The van der Waals surface area contributed by atoms with Crippen LogP contribution in [-0.4, -0.2) is 46.2 Å². The van der Waals surface area contributed by atoms with Crippen molar-refractivity contribution in [3.63, 3.8) is 0 Å². The Balaban J connectivity index is 1.64. The molecule has 1 amide bonds. The lowest BCUT2D eigenvalue weighted by atomic mass is 9.94. The van der Waals surface area contributed by atoms with Gasteiger partial charge in [0.2, 0.25) is 5.91 Å². The van der Waals surface area contributed by atoms with Gasteiger partial charge in [-0.3, -0.25) is 4.79 Å². The van der Waals surface area contributed by atoms with E-state index in [0.717, 1.165) is 24.1 Å². The Morgan fingerprint density at radius 1 is 1.38 bits per heavy atom. The number of likely N-dealkylation sites (tertiary alicyclic amines) is 1. The number of nitrogens with two attached hydrogens (primary N) is 2. The zero-order valence-electron chi connectivity index (χ0n) is 16.2. The van der Waals surface area contributed by atoms with E-state index in [4.69, 9.17) is 16.2 Å². The Labute approximate surface area is 169 Å². The summed E-state index contributed by atoms with van der Waals surface area (Å²) in [6.45, 7) is 4.87. The standard InChI is InChI=1S/C22H26N4O3/c1-2-20(28)26-12-15(21-18(26)7-5-9-29-21)17-11-13(22(24)25-17)10-16(23)14-6-3-4-8-19(14)27/h2-4,6,8,10-11,15,18,21,25,27H,1,5,7,9,12,23-24H2/b16-10-. The number of nitrogen functional groups attached to an aromatic ring is 1. The molecule has 152 valence electrons. The topological polar surface area (TPSA) is 118 Å². The minimum Gasteiger partial charge on any atom is -0.507 e. The summed E-state index contributed by atoms with van der Waals surface area (Å²) in [5.41, 5.74) is 15.0. The first kappa shape index (κ1) is 19.1. The van der Waals surface area contributed by atoms with Crippen molar-refractivity contribution in [1.29, 1.82) is 0 Å². The molecule has 4 rings (SSSR count). The molecule has 0 bridgehead atoms. The number of aromatic hydroxyl groups is 1. The van der Waals surface area contributed by atoms with Gasteiger partial charge in [0.25, 0.3) is 0 Å². The fraction of sp³-hybridized carbons (Fsp3) is 0.318. The Kier molecular flexibility index (Phi) is 5.07. The molecule has 7 heteroatoms. The predicted octanol–water partition coefficient (Wildman–Crippen LogP) is 2.42. The third-order valence-electron chi connectivity index (χ3n) is 5.81. The summed E-state index contributed by atoms with van der Waals surface area (Å²) in [7, 11) is 0. The number of phenols is 1. The van der Waals surface area contributed by atoms with Crippen LogP contribution in [0.25, 0.3) is 11.8 Å². The van der Waals surface area contributed by atoms with Gasteiger partial charge in [0.1, 0.15) is 11.6 Å². The van der Waals surface area contributed by atoms with Crippen LogP contribution in [0.5, 0.6) is 5.75 Å². The van der Waals surface area contributed by atoms with Crippen molar-refractivity contribution in [1.82, 2.24) is 9.88 Å². The number of fused-ring (bicyclic) bond motifs is 1. The number of aromatic amines is 1. The maximum absolute atomic E-state index is 12.3. The first-order valence-corrected chi connectivity index (χ1v) is 9.78. The van der Waals surface area contributed by atoms with Crippen molar-refractivity contribution in [2.24, 2.45) is 5.73 Å². The molecule has 2 saturated heterocycles. The van der Waals surface area contributed by atoms with Crippen molar-refractivity contribution < 1.29 is 14.6 Å². The van der Waals surface area contributed by atoms with Gasteiger partial charge in [-0.2, -0.15) is 0 Å². The van der Waals surface area contributed by atoms with Crippen LogP contribution >= 0.6 is 0 Å². The third kappa shape index (κ3) is 3.49. The highest BCUT2D eigenvalue weighted by atomic mass is 16.5. The first-order chi connectivity index (χ1) is 14.0. The highest BCUT2D eigenvalue weighted by Crippen LogP contribution is 2.39. The van der Waals surface area contributed by atoms with Crippen LogP contribution in [0.4, 0.5) is 5.82 Å². The quantitative estimate of drug-likeness (QED) is 0.594. The molecule has 29 heavy (non-hydrogen) atoms. The van der Waals surface area contributed by atoms with Crippen molar-refractivity contribution in [2.45, 2.75) is 30.9 Å². The number of ether oxygens (including phenoxy) is 1. The van der Waals surface area contributed by atoms with Crippen LogP contribution in [-0.2, 0) is 9.53 Å². The number of hydrogen-bond acceptors (Lipinski definition) is 5. The molecule has 2 fully saturated rings. The van der Waals surface area contributed by atoms with Gasteiger partial charge >= 0.3 is 0 Å². The van der Waals surface area contributed by atoms with E-state index >= 15 is 0 Å². The molecule has 2 aliphatic heterocycles. The van der Waals surface area contributed by atoms with Gasteiger partial charge < -0.3 is 31.2 Å². The number of carbonyl (C=O) groups excluding carboxylic acids is 1. The fourth-order valence-electron chi connectivity index (χ4n) is 4.39. The van der Waals surface area contributed by atoms with E-state index in [9.17, 15) is 9.90 Å². The van der Waals surface area contributed by atoms with Gasteiger partial charge in [-0.25, -0.2) is 0 Å². The monoisotopic (exact) mass is 394 g/mol. The maximum Gasteiger partial charge on any atom is 0.246 e.